The molecule has 0 aliphatic carbocycles. The van der Waals surface area contributed by atoms with E-state index in [0.717, 1.165) is 21.8 Å². The minimum Gasteiger partial charge on any atom is -0.455 e. The van der Waals surface area contributed by atoms with Crippen LogP contribution in [0.15, 0.2) is 28.0 Å². The molecule has 0 saturated heterocycles. The van der Waals surface area contributed by atoms with Crippen LogP contribution in [0.5, 0.6) is 0 Å². The number of benzene rings is 1. The van der Waals surface area contributed by atoms with Crippen molar-refractivity contribution in [1.82, 2.24) is 0 Å². The van der Waals surface area contributed by atoms with Crippen LogP contribution in [0.2, 0.25) is 0 Å². The van der Waals surface area contributed by atoms with Crippen molar-refractivity contribution >= 4 is 31.2 Å². The van der Waals surface area contributed by atoms with Gasteiger partial charge < -0.3 is 4.74 Å². The van der Waals surface area contributed by atoms with Crippen molar-refractivity contribution in [2.45, 2.75) is 49.5 Å². The van der Waals surface area contributed by atoms with Crippen LogP contribution < -0.4 is 0 Å². The average molecular weight is 284 g/mol. The van der Waals surface area contributed by atoms with Crippen LogP contribution in [0.1, 0.15) is 39.7 Å². The highest BCUT2D eigenvalue weighted by Gasteiger charge is 2.27. The summed E-state index contributed by atoms with van der Waals surface area (Å²) in [4.78, 5) is 13.5. The summed E-state index contributed by atoms with van der Waals surface area (Å²) in [5.41, 5.74) is 0.230. The van der Waals surface area contributed by atoms with Crippen LogP contribution in [0.25, 0.3) is 0 Å². The summed E-state index contributed by atoms with van der Waals surface area (Å²) in [6, 6.07) is 5.64. The quantitative estimate of drug-likeness (QED) is 0.643. The van der Waals surface area contributed by atoms with Gasteiger partial charge in [0.05, 0.1) is 5.92 Å². The molecule has 0 N–H and O–H groups in total. The summed E-state index contributed by atoms with van der Waals surface area (Å²) in [5.74, 6) is -0.258. The molecule has 18 heavy (non-hydrogen) atoms. The smallest absolute Gasteiger partial charge is 0.309 e. The molecule has 0 bridgehead atoms. The maximum absolute atomic E-state index is 11.9. The predicted octanol–water partition coefficient (Wildman–Crippen LogP) is 4.09. The van der Waals surface area contributed by atoms with E-state index in [1.807, 2.05) is 45.9 Å². The highest BCUT2D eigenvalue weighted by atomic mass is 32.1. The van der Waals surface area contributed by atoms with Crippen molar-refractivity contribution in [3.63, 3.8) is 0 Å². The Hall–Kier alpha value is -0.610. The molecular formula is C14H20O2S2. The van der Waals surface area contributed by atoms with Gasteiger partial charge in [-0.2, -0.15) is 0 Å². The van der Waals surface area contributed by atoms with Crippen molar-refractivity contribution in [2.24, 2.45) is 5.92 Å². The normalized spacial score (nSPS) is 13.2. The van der Waals surface area contributed by atoms with Gasteiger partial charge in [0.1, 0.15) is 5.60 Å². The van der Waals surface area contributed by atoms with E-state index in [1.165, 1.54) is 0 Å². The summed E-state index contributed by atoms with van der Waals surface area (Å²) in [7, 11) is 0. The summed E-state index contributed by atoms with van der Waals surface area (Å²) in [5, 5.41) is 0. The predicted molar refractivity (Wildman–Crippen MR) is 79.5 cm³/mol. The second kappa shape index (κ2) is 6.02. The third-order valence-electron chi connectivity index (χ3n) is 2.97. The van der Waals surface area contributed by atoms with E-state index in [9.17, 15) is 4.79 Å². The Morgan fingerprint density at radius 2 is 1.78 bits per heavy atom. The third kappa shape index (κ3) is 3.95. The molecule has 1 atom stereocenters. The summed E-state index contributed by atoms with van der Waals surface area (Å²) < 4.78 is 5.58. The number of carbonyl (C=O) groups excluding carboxylic acids is 1. The largest absolute Gasteiger partial charge is 0.455 e. The Kier molecular flexibility index (Phi) is 5.17. The standard InChI is InChI=1S/C14H20O2S2/c1-5-9(2)13(15)16-14(3,4)10-6-11(17)8-12(18)7-10/h6-9,17-18H,5H2,1-4H3. The Labute approximate surface area is 120 Å². The molecule has 100 valence electrons. The van der Waals surface area contributed by atoms with Gasteiger partial charge in [-0.3, -0.25) is 4.79 Å². The van der Waals surface area contributed by atoms with Crippen LogP contribution in [0, 0.1) is 5.92 Å². The summed E-state index contributed by atoms with van der Waals surface area (Å²) >= 11 is 8.63. The molecular weight excluding hydrogens is 264 g/mol. The first-order valence-electron chi connectivity index (χ1n) is 6.02. The molecule has 0 aromatic heterocycles. The molecule has 0 amide bonds. The first-order chi connectivity index (χ1) is 8.26. The number of hydrogen-bond acceptors (Lipinski definition) is 4. The topological polar surface area (TPSA) is 26.3 Å². The number of ether oxygens (including phenoxy) is 1. The monoisotopic (exact) mass is 284 g/mol. The van der Waals surface area contributed by atoms with Crippen molar-refractivity contribution in [3.8, 4) is 0 Å². The van der Waals surface area contributed by atoms with Gasteiger partial charge in [0.2, 0.25) is 0 Å². The van der Waals surface area contributed by atoms with Gasteiger partial charge >= 0.3 is 5.97 Å². The zero-order valence-electron chi connectivity index (χ0n) is 11.2. The van der Waals surface area contributed by atoms with E-state index in [4.69, 9.17) is 4.74 Å². The van der Waals surface area contributed by atoms with E-state index in [1.54, 1.807) is 0 Å². The Morgan fingerprint density at radius 3 is 2.22 bits per heavy atom. The maximum Gasteiger partial charge on any atom is 0.309 e. The Morgan fingerprint density at radius 1 is 1.28 bits per heavy atom. The van der Waals surface area contributed by atoms with Gasteiger partial charge in [-0.15, -0.1) is 25.3 Å². The van der Waals surface area contributed by atoms with Gasteiger partial charge in [-0.25, -0.2) is 0 Å². The lowest BCUT2D eigenvalue weighted by atomic mass is 9.97. The second-order valence-corrected chi connectivity index (χ2v) is 6.01. The van der Waals surface area contributed by atoms with Gasteiger partial charge in [0, 0.05) is 9.79 Å². The SMILES string of the molecule is CCC(C)C(=O)OC(C)(C)c1cc(S)cc(S)c1. The van der Waals surface area contributed by atoms with Crippen molar-refractivity contribution in [1.29, 1.82) is 0 Å². The zero-order chi connectivity index (χ0) is 13.9. The number of hydrogen-bond donors (Lipinski definition) is 2. The van der Waals surface area contributed by atoms with Gasteiger partial charge in [0.25, 0.3) is 0 Å². The molecule has 1 aromatic rings. The molecule has 0 heterocycles. The van der Waals surface area contributed by atoms with Gasteiger partial charge in [-0.05, 0) is 44.0 Å². The first-order valence-corrected chi connectivity index (χ1v) is 6.92. The minimum absolute atomic E-state index is 0.0843. The van der Waals surface area contributed by atoms with E-state index in [2.05, 4.69) is 25.3 Å². The summed E-state index contributed by atoms with van der Waals surface area (Å²) in [6.45, 7) is 7.60. The molecule has 1 rings (SSSR count). The lowest BCUT2D eigenvalue weighted by molar-refractivity contribution is -0.162. The van der Waals surface area contributed by atoms with E-state index in [-0.39, 0.29) is 11.9 Å². The van der Waals surface area contributed by atoms with Gasteiger partial charge in [-0.1, -0.05) is 13.8 Å². The highest BCUT2D eigenvalue weighted by molar-refractivity contribution is 7.81. The molecule has 1 unspecified atom stereocenters. The second-order valence-electron chi connectivity index (χ2n) is 4.98. The van der Waals surface area contributed by atoms with Crippen LogP contribution in [-0.2, 0) is 15.1 Å². The van der Waals surface area contributed by atoms with E-state index in [0.29, 0.717) is 0 Å². The fourth-order valence-electron chi connectivity index (χ4n) is 1.52. The molecule has 0 radical (unpaired) electrons. The van der Waals surface area contributed by atoms with E-state index >= 15 is 0 Å². The maximum atomic E-state index is 11.9. The first kappa shape index (κ1) is 15.4. The Balaban J connectivity index is 2.95. The fraction of sp³-hybridized carbons (Fsp3) is 0.500. The highest BCUT2D eigenvalue weighted by Crippen LogP contribution is 2.30. The molecule has 1 aromatic carbocycles. The number of thiol groups is 2. The summed E-state index contributed by atoms with van der Waals surface area (Å²) in [6.07, 6.45) is 0.777. The lowest BCUT2D eigenvalue weighted by Gasteiger charge is -2.27. The van der Waals surface area contributed by atoms with Gasteiger partial charge in [0.15, 0.2) is 0 Å². The Bertz CT molecular complexity index is 421. The van der Waals surface area contributed by atoms with Crippen LogP contribution in [-0.4, -0.2) is 5.97 Å². The molecule has 0 saturated carbocycles. The molecule has 0 fully saturated rings. The van der Waals surface area contributed by atoms with Crippen LogP contribution >= 0.6 is 25.3 Å². The van der Waals surface area contributed by atoms with Crippen LogP contribution in [0.4, 0.5) is 0 Å². The van der Waals surface area contributed by atoms with Crippen molar-refractivity contribution in [3.05, 3.63) is 23.8 Å². The third-order valence-corrected chi connectivity index (χ3v) is 3.48. The number of carbonyl (C=O) groups is 1. The van der Waals surface area contributed by atoms with E-state index < -0.39 is 5.60 Å². The minimum atomic E-state index is -0.670. The van der Waals surface area contributed by atoms with Crippen molar-refractivity contribution in [2.75, 3.05) is 0 Å². The average Bonchev–Trinajstić information content (AvgIpc) is 2.26. The molecule has 0 aliphatic heterocycles. The number of rotatable bonds is 4. The zero-order valence-corrected chi connectivity index (χ0v) is 13.0. The molecule has 2 nitrogen and oxygen atoms in total. The molecule has 0 spiro atoms. The molecule has 0 aliphatic rings. The lowest BCUT2D eigenvalue weighted by Crippen LogP contribution is -2.28. The van der Waals surface area contributed by atoms with Crippen molar-refractivity contribution < 1.29 is 9.53 Å². The fourth-order valence-corrected chi connectivity index (χ4v) is 2.18. The molecule has 4 heteroatoms. The number of esters is 1. The van der Waals surface area contributed by atoms with Crippen LogP contribution in [0.3, 0.4) is 0 Å².